The minimum Gasteiger partial charge on any atom is -0.392 e. The minimum absolute atomic E-state index is 0.0661. The molecule has 0 aliphatic rings. The van der Waals surface area contributed by atoms with E-state index in [1.165, 1.54) is 16.7 Å². The molecule has 4 rings (SSSR count). The third kappa shape index (κ3) is 4.32. The molecule has 4 aromatic rings. The van der Waals surface area contributed by atoms with Crippen LogP contribution < -0.4 is 0 Å². The van der Waals surface area contributed by atoms with Crippen molar-refractivity contribution in [3.05, 3.63) is 101 Å². The summed E-state index contributed by atoms with van der Waals surface area (Å²) in [6, 6.07) is 27.1. The number of benzene rings is 3. The molecule has 0 saturated heterocycles. The molecule has 3 aromatic carbocycles. The van der Waals surface area contributed by atoms with Crippen LogP contribution in [0, 0.1) is 0 Å². The lowest BCUT2D eigenvalue weighted by Gasteiger charge is -2.19. The van der Waals surface area contributed by atoms with E-state index in [0.29, 0.717) is 11.7 Å². The molecule has 0 bridgehead atoms. The van der Waals surface area contributed by atoms with Gasteiger partial charge in [-0.2, -0.15) is 5.21 Å². The summed E-state index contributed by atoms with van der Waals surface area (Å²) >= 11 is 0. The van der Waals surface area contributed by atoms with E-state index >= 15 is 0 Å². The van der Waals surface area contributed by atoms with Gasteiger partial charge in [0.2, 0.25) is 5.82 Å². The maximum Gasteiger partial charge on any atom is 0.204 e. The van der Waals surface area contributed by atoms with Crippen molar-refractivity contribution < 1.29 is 5.11 Å². The van der Waals surface area contributed by atoms with Gasteiger partial charge >= 0.3 is 0 Å². The van der Waals surface area contributed by atoms with E-state index in [1.807, 2.05) is 30.3 Å². The Hall–Kier alpha value is -3.31. The number of aromatic nitrogens is 4. The van der Waals surface area contributed by atoms with Gasteiger partial charge in [-0.05, 0) is 52.3 Å². The lowest BCUT2D eigenvalue weighted by atomic mass is 9.86. The fourth-order valence-electron chi connectivity index (χ4n) is 3.58. The Morgan fingerprint density at radius 1 is 0.786 bits per heavy atom. The number of tetrazole rings is 1. The number of aromatic amines is 1. The van der Waals surface area contributed by atoms with Crippen molar-refractivity contribution in [1.29, 1.82) is 0 Å². The van der Waals surface area contributed by atoms with Crippen LogP contribution in [0.1, 0.15) is 28.2 Å². The number of aliphatic hydroxyl groups is 1. The molecule has 5 heteroatoms. The first-order valence-electron chi connectivity index (χ1n) is 9.38. The largest absolute Gasteiger partial charge is 0.392 e. The Labute approximate surface area is 164 Å². The van der Waals surface area contributed by atoms with Gasteiger partial charge in [-0.1, -0.05) is 72.8 Å². The van der Waals surface area contributed by atoms with Gasteiger partial charge in [-0.15, -0.1) is 10.2 Å². The summed E-state index contributed by atoms with van der Waals surface area (Å²) in [5.74, 6) is 0.935. The van der Waals surface area contributed by atoms with Crippen molar-refractivity contribution in [3.63, 3.8) is 0 Å². The number of nitrogens with zero attached hydrogens (tertiary/aromatic N) is 3. The Morgan fingerprint density at radius 2 is 1.50 bits per heavy atom. The zero-order chi connectivity index (χ0) is 19.2. The van der Waals surface area contributed by atoms with Gasteiger partial charge in [0.15, 0.2) is 0 Å². The van der Waals surface area contributed by atoms with Crippen molar-refractivity contribution in [3.8, 4) is 11.4 Å². The monoisotopic (exact) mass is 370 g/mol. The molecule has 28 heavy (non-hydrogen) atoms. The fourth-order valence-corrected chi connectivity index (χ4v) is 3.58. The zero-order valence-electron chi connectivity index (χ0n) is 15.5. The van der Waals surface area contributed by atoms with E-state index in [2.05, 4.69) is 69.2 Å². The Balaban J connectivity index is 1.62. The highest BCUT2D eigenvalue weighted by atomic mass is 16.3. The van der Waals surface area contributed by atoms with Gasteiger partial charge in [0.05, 0.1) is 6.61 Å². The van der Waals surface area contributed by atoms with Crippen molar-refractivity contribution in [2.24, 2.45) is 0 Å². The molecule has 0 radical (unpaired) electrons. The van der Waals surface area contributed by atoms with Crippen molar-refractivity contribution in [2.75, 3.05) is 0 Å². The topological polar surface area (TPSA) is 74.7 Å². The molecule has 0 spiro atoms. The highest BCUT2D eigenvalue weighted by molar-refractivity contribution is 5.55. The minimum atomic E-state index is 0.0661. The molecule has 140 valence electrons. The Bertz CT molecular complexity index is 1020. The Morgan fingerprint density at radius 3 is 2.21 bits per heavy atom. The molecule has 5 nitrogen and oxygen atoms in total. The van der Waals surface area contributed by atoms with Gasteiger partial charge in [0, 0.05) is 5.56 Å². The average molecular weight is 370 g/mol. The van der Waals surface area contributed by atoms with E-state index in [9.17, 15) is 5.11 Å². The lowest BCUT2D eigenvalue weighted by Crippen LogP contribution is -2.07. The second-order valence-corrected chi connectivity index (χ2v) is 6.93. The van der Waals surface area contributed by atoms with E-state index in [0.717, 1.165) is 24.0 Å². The number of hydrogen-bond acceptors (Lipinski definition) is 4. The molecule has 0 amide bonds. The fraction of sp³-hybridized carbons (Fsp3) is 0.174. The standard InChI is InChI=1S/C23H22N4O/c28-16-19-8-4-6-17(12-19)14-22(20-9-2-1-3-10-20)15-18-7-5-11-21(13-18)23-24-26-27-25-23/h1-13,22,28H,14-16H2,(H,24,25,26,27). The van der Waals surface area contributed by atoms with Gasteiger partial charge in [0.1, 0.15) is 0 Å². The van der Waals surface area contributed by atoms with Crippen LogP contribution in [0.2, 0.25) is 0 Å². The molecule has 1 unspecified atom stereocenters. The molecule has 1 aromatic heterocycles. The van der Waals surface area contributed by atoms with Gasteiger partial charge in [-0.3, -0.25) is 0 Å². The molecule has 1 heterocycles. The molecule has 1 atom stereocenters. The number of rotatable bonds is 7. The molecule has 0 saturated carbocycles. The highest BCUT2D eigenvalue weighted by Gasteiger charge is 2.15. The van der Waals surface area contributed by atoms with E-state index in [-0.39, 0.29) is 6.61 Å². The van der Waals surface area contributed by atoms with Crippen LogP contribution in [0.3, 0.4) is 0 Å². The number of H-pyrrole nitrogens is 1. The van der Waals surface area contributed by atoms with Crippen LogP contribution in [-0.4, -0.2) is 25.7 Å². The summed E-state index contributed by atoms with van der Waals surface area (Å²) in [5, 5.41) is 23.8. The molecular formula is C23H22N4O. The van der Waals surface area contributed by atoms with Gasteiger partial charge < -0.3 is 5.11 Å². The van der Waals surface area contributed by atoms with E-state index in [1.54, 1.807) is 0 Å². The highest BCUT2D eigenvalue weighted by Crippen LogP contribution is 2.27. The molecule has 0 fully saturated rings. The summed E-state index contributed by atoms with van der Waals surface area (Å²) in [4.78, 5) is 0. The lowest BCUT2D eigenvalue weighted by molar-refractivity contribution is 0.281. The first-order valence-corrected chi connectivity index (χ1v) is 9.38. The second kappa shape index (κ2) is 8.59. The van der Waals surface area contributed by atoms with Crippen LogP contribution in [0.15, 0.2) is 78.9 Å². The van der Waals surface area contributed by atoms with Crippen molar-refractivity contribution >= 4 is 0 Å². The van der Waals surface area contributed by atoms with Crippen LogP contribution in [0.5, 0.6) is 0 Å². The SMILES string of the molecule is OCc1cccc(CC(Cc2cccc(-c3nn[nH]n3)c2)c2ccccc2)c1. The van der Waals surface area contributed by atoms with Crippen molar-refractivity contribution in [1.82, 2.24) is 20.6 Å². The van der Waals surface area contributed by atoms with E-state index in [4.69, 9.17) is 0 Å². The molecule has 2 N–H and O–H groups in total. The van der Waals surface area contributed by atoms with Crippen LogP contribution in [-0.2, 0) is 19.4 Å². The second-order valence-electron chi connectivity index (χ2n) is 6.93. The number of hydrogen-bond donors (Lipinski definition) is 2. The maximum atomic E-state index is 9.45. The van der Waals surface area contributed by atoms with Crippen LogP contribution in [0.4, 0.5) is 0 Å². The summed E-state index contributed by atoms with van der Waals surface area (Å²) in [5.41, 5.74) is 5.68. The normalized spacial score (nSPS) is 12.0. The van der Waals surface area contributed by atoms with E-state index < -0.39 is 0 Å². The first-order chi connectivity index (χ1) is 13.8. The Kier molecular flexibility index (Phi) is 5.54. The third-order valence-corrected chi connectivity index (χ3v) is 4.94. The van der Waals surface area contributed by atoms with Gasteiger partial charge in [-0.25, -0.2) is 0 Å². The first kappa shape index (κ1) is 18.1. The predicted octanol–water partition coefficient (Wildman–Crippen LogP) is 3.93. The number of nitrogens with one attached hydrogen (secondary N) is 1. The summed E-state index contributed by atoms with van der Waals surface area (Å²) in [6.07, 6.45) is 1.81. The predicted molar refractivity (Wildman–Crippen MR) is 109 cm³/mol. The van der Waals surface area contributed by atoms with Crippen LogP contribution >= 0.6 is 0 Å². The smallest absolute Gasteiger partial charge is 0.204 e. The van der Waals surface area contributed by atoms with Crippen molar-refractivity contribution in [2.45, 2.75) is 25.4 Å². The summed E-state index contributed by atoms with van der Waals surface area (Å²) in [6.45, 7) is 0.0661. The van der Waals surface area contributed by atoms with Crippen LogP contribution in [0.25, 0.3) is 11.4 Å². The summed E-state index contributed by atoms with van der Waals surface area (Å²) < 4.78 is 0. The molecule has 0 aliphatic heterocycles. The molecule has 0 aliphatic carbocycles. The quantitative estimate of drug-likeness (QED) is 0.517. The zero-order valence-corrected chi connectivity index (χ0v) is 15.5. The maximum absolute atomic E-state index is 9.45. The molecular weight excluding hydrogens is 348 g/mol. The summed E-state index contributed by atoms with van der Waals surface area (Å²) in [7, 11) is 0. The number of aliphatic hydroxyl groups excluding tert-OH is 1. The average Bonchev–Trinajstić information content (AvgIpc) is 3.29. The van der Waals surface area contributed by atoms with Gasteiger partial charge in [0.25, 0.3) is 0 Å². The third-order valence-electron chi connectivity index (χ3n) is 4.94.